The SMILES string of the molecule is COc1ccc(N[C@@H](CC(C)=O)c2ccc3ccccc3c2)cc1. The Kier molecular flexibility index (Phi) is 4.80. The lowest BCUT2D eigenvalue weighted by Gasteiger charge is -2.20. The number of nitrogens with one attached hydrogen (secondary N) is 1. The predicted molar refractivity (Wildman–Crippen MR) is 98.6 cm³/mol. The Labute approximate surface area is 142 Å². The number of fused-ring (bicyclic) bond motifs is 1. The van der Waals surface area contributed by atoms with Crippen LogP contribution in [0.1, 0.15) is 24.9 Å². The monoisotopic (exact) mass is 319 g/mol. The summed E-state index contributed by atoms with van der Waals surface area (Å²) < 4.78 is 5.19. The van der Waals surface area contributed by atoms with Gasteiger partial charge in [-0.05, 0) is 53.6 Å². The average molecular weight is 319 g/mol. The molecule has 0 radical (unpaired) electrons. The van der Waals surface area contributed by atoms with Gasteiger partial charge in [0.1, 0.15) is 11.5 Å². The van der Waals surface area contributed by atoms with Crippen LogP contribution in [0, 0.1) is 0 Å². The second-order valence-electron chi connectivity index (χ2n) is 5.94. The number of rotatable bonds is 6. The van der Waals surface area contributed by atoms with E-state index in [1.54, 1.807) is 14.0 Å². The summed E-state index contributed by atoms with van der Waals surface area (Å²) >= 11 is 0. The lowest BCUT2D eigenvalue weighted by molar-refractivity contribution is -0.117. The van der Waals surface area contributed by atoms with Crippen molar-refractivity contribution in [2.45, 2.75) is 19.4 Å². The van der Waals surface area contributed by atoms with Gasteiger partial charge in [0.2, 0.25) is 0 Å². The zero-order valence-electron chi connectivity index (χ0n) is 14.0. The molecular formula is C21H21NO2. The molecular weight excluding hydrogens is 298 g/mol. The Hall–Kier alpha value is -2.81. The van der Waals surface area contributed by atoms with Crippen molar-refractivity contribution in [3.63, 3.8) is 0 Å². The molecule has 0 aliphatic carbocycles. The molecule has 0 unspecified atom stereocenters. The van der Waals surface area contributed by atoms with Gasteiger partial charge in [-0.1, -0.05) is 36.4 Å². The zero-order chi connectivity index (χ0) is 16.9. The summed E-state index contributed by atoms with van der Waals surface area (Å²) in [6, 6.07) is 22.3. The van der Waals surface area contributed by atoms with Crippen LogP contribution in [0.15, 0.2) is 66.7 Å². The van der Waals surface area contributed by atoms with Gasteiger partial charge in [-0.25, -0.2) is 0 Å². The molecule has 3 aromatic carbocycles. The quantitative estimate of drug-likeness (QED) is 0.696. The third-order valence-electron chi connectivity index (χ3n) is 4.10. The molecule has 24 heavy (non-hydrogen) atoms. The molecule has 1 N–H and O–H groups in total. The Morgan fingerprint density at radius 1 is 1.00 bits per heavy atom. The normalized spacial score (nSPS) is 11.9. The molecule has 0 saturated heterocycles. The summed E-state index contributed by atoms with van der Waals surface area (Å²) in [6.45, 7) is 1.63. The number of carbonyl (C=O) groups excluding carboxylic acids is 1. The van der Waals surface area contributed by atoms with E-state index in [1.165, 1.54) is 10.8 Å². The van der Waals surface area contributed by atoms with E-state index < -0.39 is 0 Å². The third-order valence-corrected chi connectivity index (χ3v) is 4.10. The van der Waals surface area contributed by atoms with Crippen molar-refractivity contribution in [1.82, 2.24) is 0 Å². The van der Waals surface area contributed by atoms with Crippen LogP contribution in [-0.2, 0) is 4.79 Å². The van der Waals surface area contributed by atoms with Gasteiger partial charge in [0.05, 0.1) is 13.2 Å². The fourth-order valence-corrected chi connectivity index (χ4v) is 2.85. The minimum Gasteiger partial charge on any atom is -0.497 e. The summed E-state index contributed by atoms with van der Waals surface area (Å²) in [7, 11) is 1.65. The maximum atomic E-state index is 11.7. The topological polar surface area (TPSA) is 38.3 Å². The molecule has 0 saturated carbocycles. The van der Waals surface area contributed by atoms with E-state index in [-0.39, 0.29) is 11.8 Å². The first-order valence-corrected chi connectivity index (χ1v) is 8.04. The molecule has 0 bridgehead atoms. The molecule has 3 nitrogen and oxygen atoms in total. The van der Waals surface area contributed by atoms with Gasteiger partial charge >= 0.3 is 0 Å². The first kappa shape index (κ1) is 16.1. The minimum atomic E-state index is -0.0551. The van der Waals surface area contributed by atoms with Gasteiger partial charge in [0, 0.05) is 12.1 Å². The van der Waals surface area contributed by atoms with Crippen LogP contribution in [0.5, 0.6) is 5.75 Å². The Morgan fingerprint density at radius 3 is 2.38 bits per heavy atom. The van der Waals surface area contributed by atoms with Crippen molar-refractivity contribution < 1.29 is 9.53 Å². The largest absolute Gasteiger partial charge is 0.497 e. The van der Waals surface area contributed by atoms with Crippen LogP contribution in [0.4, 0.5) is 5.69 Å². The van der Waals surface area contributed by atoms with Crippen LogP contribution in [0.2, 0.25) is 0 Å². The van der Waals surface area contributed by atoms with E-state index in [9.17, 15) is 4.79 Å². The standard InChI is InChI=1S/C21H21NO2/c1-15(23)13-21(22-19-9-11-20(24-2)12-10-19)18-8-7-16-5-3-4-6-17(16)14-18/h3-12,14,21-22H,13H2,1-2H3/t21-/m0/s1. The minimum absolute atomic E-state index is 0.0551. The van der Waals surface area contributed by atoms with E-state index in [0.29, 0.717) is 6.42 Å². The summed E-state index contributed by atoms with van der Waals surface area (Å²) in [4.78, 5) is 11.7. The van der Waals surface area contributed by atoms with Crippen molar-refractivity contribution in [3.05, 3.63) is 72.3 Å². The Bertz CT molecular complexity index is 840. The molecule has 3 rings (SSSR count). The molecule has 0 aromatic heterocycles. The summed E-state index contributed by atoms with van der Waals surface area (Å²) in [5, 5.41) is 5.85. The highest BCUT2D eigenvalue weighted by atomic mass is 16.5. The first-order chi connectivity index (χ1) is 11.7. The van der Waals surface area contributed by atoms with Crippen molar-refractivity contribution in [1.29, 1.82) is 0 Å². The zero-order valence-corrected chi connectivity index (χ0v) is 14.0. The molecule has 0 aliphatic heterocycles. The van der Waals surface area contributed by atoms with E-state index in [2.05, 4.69) is 35.6 Å². The summed E-state index contributed by atoms with van der Waals surface area (Å²) in [6.07, 6.45) is 0.449. The number of methoxy groups -OCH3 is 1. The molecule has 0 aliphatic rings. The molecule has 3 aromatic rings. The van der Waals surface area contributed by atoms with Crippen LogP contribution >= 0.6 is 0 Å². The van der Waals surface area contributed by atoms with Gasteiger partial charge in [-0.15, -0.1) is 0 Å². The number of hydrogen-bond acceptors (Lipinski definition) is 3. The smallest absolute Gasteiger partial charge is 0.132 e. The van der Waals surface area contributed by atoms with Crippen LogP contribution in [0.3, 0.4) is 0 Å². The fraction of sp³-hybridized carbons (Fsp3) is 0.190. The van der Waals surface area contributed by atoms with E-state index in [0.717, 1.165) is 17.0 Å². The summed E-state index contributed by atoms with van der Waals surface area (Å²) in [5.74, 6) is 0.976. The lowest BCUT2D eigenvalue weighted by atomic mass is 9.98. The third kappa shape index (κ3) is 3.74. The van der Waals surface area contributed by atoms with Gasteiger partial charge in [-0.3, -0.25) is 4.79 Å². The van der Waals surface area contributed by atoms with E-state index in [1.807, 2.05) is 36.4 Å². The molecule has 0 amide bonds. The predicted octanol–water partition coefficient (Wildman–Crippen LogP) is 4.98. The van der Waals surface area contributed by atoms with Gasteiger partial charge in [0.25, 0.3) is 0 Å². The number of anilines is 1. The second kappa shape index (κ2) is 7.18. The molecule has 0 spiro atoms. The van der Waals surface area contributed by atoms with Gasteiger partial charge < -0.3 is 10.1 Å². The molecule has 122 valence electrons. The van der Waals surface area contributed by atoms with Crippen LogP contribution in [0.25, 0.3) is 10.8 Å². The molecule has 1 atom stereocenters. The van der Waals surface area contributed by atoms with Gasteiger partial charge in [-0.2, -0.15) is 0 Å². The van der Waals surface area contributed by atoms with Crippen LogP contribution in [-0.4, -0.2) is 12.9 Å². The average Bonchev–Trinajstić information content (AvgIpc) is 2.61. The lowest BCUT2D eigenvalue weighted by Crippen LogP contribution is -2.14. The summed E-state index contributed by atoms with van der Waals surface area (Å²) in [5.41, 5.74) is 2.08. The van der Waals surface area contributed by atoms with Crippen molar-refractivity contribution >= 4 is 22.2 Å². The Balaban J connectivity index is 1.90. The van der Waals surface area contributed by atoms with Crippen molar-refractivity contribution in [3.8, 4) is 5.75 Å². The number of ketones is 1. The highest BCUT2D eigenvalue weighted by molar-refractivity contribution is 5.84. The number of Topliss-reactive ketones (excluding diaryl/α,β-unsaturated/α-hetero) is 1. The van der Waals surface area contributed by atoms with Gasteiger partial charge in [0.15, 0.2) is 0 Å². The fourth-order valence-electron chi connectivity index (χ4n) is 2.85. The molecule has 3 heteroatoms. The highest BCUT2D eigenvalue weighted by Gasteiger charge is 2.14. The van der Waals surface area contributed by atoms with Crippen molar-refractivity contribution in [2.24, 2.45) is 0 Å². The molecule has 0 heterocycles. The van der Waals surface area contributed by atoms with Crippen LogP contribution < -0.4 is 10.1 Å². The number of hydrogen-bond donors (Lipinski definition) is 1. The number of carbonyl (C=O) groups is 1. The highest BCUT2D eigenvalue weighted by Crippen LogP contribution is 2.27. The number of ether oxygens (including phenoxy) is 1. The Morgan fingerprint density at radius 2 is 1.71 bits per heavy atom. The van der Waals surface area contributed by atoms with E-state index in [4.69, 9.17) is 4.74 Å². The maximum Gasteiger partial charge on any atom is 0.132 e. The molecule has 0 fully saturated rings. The van der Waals surface area contributed by atoms with Crippen molar-refractivity contribution in [2.75, 3.05) is 12.4 Å². The maximum absolute atomic E-state index is 11.7. The van der Waals surface area contributed by atoms with E-state index >= 15 is 0 Å². The number of benzene rings is 3. The first-order valence-electron chi connectivity index (χ1n) is 8.04. The second-order valence-corrected chi connectivity index (χ2v) is 5.94.